The number of nitriles is 1. The Morgan fingerprint density at radius 2 is 1.85 bits per heavy atom. The maximum absolute atomic E-state index is 12.5. The number of hydrogen-bond donors (Lipinski definition) is 2. The fourth-order valence-electron chi connectivity index (χ4n) is 3.24. The highest BCUT2D eigenvalue weighted by molar-refractivity contribution is 6.33. The molecule has 1 fully saturated rings. The number of anilines is 2. The van der Waals surface area contributed by atoms with Gasteiger partial charge in [0, 0.05) is 5.69 Å². The van der Waals surface area contributed by atoms with Crippen LogP contribution in [0.4, 0.5) is 11.4 Å². The molecule has 1 atom stereocenters. The van der Waals surface area contributed by atoms with Gasteiger partial charge in [-0.3, -0.25) is 4.79 Å². The van der Waals surface area contributed by atoms with E-state index in [1.165, 1.54) is 4.90 Å². The fraction of sp³-hybridized carbons (Fsp3) is 0.300. The number of quaternary nitrogens is 1. The van der Waals surface area contributed by atoms with Crippen molar-refractivity contribution < 1.29 is 9.69 Å². The maximum Gasteiger partial charge on any atom is 0.282 e. The molecule has 26 heavy (non-hydrogen) atoms. The molecule has 5 nitrogen and oxygen atoms in total. The SMILES string of the molecule is C[C@@H](C(=O)Nc1ccc(C#N)cc1)[NH+]1CCN(c2ccccc2Cl)CC1. The second-order valence-electron chi connectivity index (χ2n) is 6.50. The molecule has 1 heterocycles. The van der Waals surface area contributed by atoms with Crippen molar-refractivity contribution in [3.63, 3.8) is 0 Å². The molecule has 0 bridgehead atoms. The predicted molar refractivity (Wildman–Crippen MR) is 104 cm³/mol. The second kappa shape index (κ2) is 8.22. The van der Waals surface area contributed by atoms with Gasteiger partial charge in [0.25, 0.3) is 5.91 Å². The zero-order valence-electron chi connectivity index (χ0n) is 14.7. The average molecular weight is 370 g/mol. The van der Waals surface area contributed by atoms with Crippen LogP contribution in [0.15, 0.2) is 48.5 Å². The van der Waals surface area contributed by atoms with Crippen molar-refractivity contribution in [2.45, 2.75) is 13.0 Å². The summed E-state index contributed by atoms with van der Waals surface area (Å²) in [6, 6.07) is 16.7. The Morgan fingerprint density at radius 3 is 2.46 bits per heavy atom. The number of carbonyl (C=O) groups excluding carboxylic acids is 1. The smallest absolute Gasteiger partial charge is 0.282 e. The van der Waals surface area contributed by atoms with Crippen LogP contribution < -0.4 is 15.1 Å². The van der Waals surface area contributed by atoms with Crippen LogP contribution in [0.1, 0.15) is 12.5 Å². The number of carbonyl (C=O) groups is 1. The van der Waals surface area contributed by atoms with Gasteiger partial charge in [-0.25, -0.2) is 0 Å². The maximum atomic E-state index is 12.5. The molecular weight excluding hydrogens is 348 g/mol. The minimum absolute atomic E-state index is 0.00380. The quantitative estimate of drug-likeness (QED) is 0.866. The minimum atomic E-state index is -0.140. The molecule has 1 aliphatic heterocycles. The van der Waals surface area contributed by atoms with Crippen LogP contribution in [0.25, 0.3) is 0 Å². The Bertz CT molecular complexity index is 807. The lowest BCUT2D eigenvalue weighted by atomic mass is 10.2. The molecule has 2 N–H and O–H groups in total. The van der Waals surface area contributed by atoms with E-state index in [-0.39, 0.29) is 11.9 Å². The lowest BCUT2D eigenvalue weighted by Gasteiger charge is -2.36. The Kier molecular flexibility index (Phi) is 5.77. The van der Waals surface area contributed by atoms with E-state index in [1.807, 2.05) is 31.2 Å². The fourth-order valence-corrected chi connectivity index (χ4v) is 3.50. The highest BCUT2D eigenvalue weighted by Crippen LogP contribution is 2.24. The summed E-state index contributed by atoms with van der Waals surface area (Å²) in [4.78, 5) is 16.1. The first-order valence-corrected chi connectivity index (χ1v) is 9.11. The van der Waals surface area contributed by atoms with Gasteiger partial charge in [-0.2, -0.15) is 5.26 Å². The number of nitrogens with one attached hydrogen (secondary N) is 2. The van der Waals surface area contributed by atoms with Gasteiger partial charge in [0.15, 0.2) is 6.04 Å². The molecule has 2 aromatic carbocycles. The third-order valence-corrected chi connectivity index (χ3v) is 5.21. The lowest BCUT2D eigenvalue weighted by Crippen LogP contribution is -3.19. The van der Waals surface area contributed by atoms with Crippen molar-refractivity contribution in [2.24, 2.45) is 0 Å². The minimum Gasteiger partial charge on any atom is -0.359 e. The van der Waals surface area contributed by atoms with Crippen molar-refractivity contribution in [3.8, 4) is 6.07 Å². The predicted octanol–water partition coefficient (Wildman–Crippen LogP) is 1.94. The first kappa shape index (κ1) is 18.2. The Labute approximate surface area is 158 Å². The van der Waals surface area contributed by atoms with Crippen LogP contribution in [-0.2, 0) is 4.79 Å². The molecule has 0 radical (unpaired) electrons. The monoisotopic (exact) mass is 369 g/mol. The summed E-state index contributed by atoms with van der Waals surface area (Å²) in [7, 11) is 0. The topological polar surface area (TPSA) is 60.6 Å². The number of piperazine rings is 1. The molecule has 0 unspecified atom stereocenters. The normalized spacial score (nSPS) is 16.0. The average Bonchev–Trinajstić information content (AvgIpc) is 2.68. The van der Waals surface area contributed by atoms with Crippen LogP contribution in [-0.4, -0.2) is 38.1 Å². The number of benzene rings is 2. The Morgan fingerprint density at radius 1 is 1.19 bits per heavy atom. The van der Waals surface area contributed by atoms with Crippen LogP contribution >= 0.6 is 11.6 Å². The molecule has 0 spiro atoms. The summed E-state index contributed by atoms with van der Waals surface area (Å²) in [6.07, 6.45) is 0. The summed E-state index contributed by atoms with van der Waals surface area (Å²) in [5, 5.41) is 12.5. The van der Waals surface area contributed by atoms with Gasteiger partial charge in [-0.1, -0.05) is 23.7 Å². The number of hydrogen-bond acceptors (Lipinski definition) is 3. The number of nitrogens with zero attached hydrogens (tertiary/aromatic N) is 2. The summed E-state index contributed by atoms with van der Waals surface area (Å²) >= 11 is 6.29. The van der Waals surface area contributed by atoms with Gasteiger partial charge in [0.05, 0.1) is 48.5 Å². The van der Waals surface area contributed by atoms with Crippen molar-refractivity contribution in [1.29, 1.82) is 5.26 Å². The first-order valence-electron chi connectivity index (χ1n) is 8.73. The van der Waals surface area contributed by atoms with Gasteiger partial charge in [0.1, 0.15) is 0 Å². The zero-order valence-corrected chi connectivity index (χ0v) is 15.5. The van der Waals surface area contributed by atoms with E-state index in [1.54, 1.807) is 24.3 Å². The Hall–Kier alpha value is -2.55. The van der Waals surface area contributed by atoms with E-state index in [0.717, 1.165) is 42.6 Å². The van der Waals surface area contributed by atoms with E-state index < -0.39 is 0 Å². The number of halogens is 1. The summed E-state index contributed by atoms with van der Waals surface area (Å²) in [5.41, 5.74) is 2.36. The standard InChI is InChI=1S/C20H21ClN4O/c1-15(20(26)23-17-8-6-16(14-22)7-9-17)24-10-12-25(13-11-24)19-5-3-2-4-18(19)21/h2-9,15H,10-13H2,1H3,(H,23,26)/p+1/t15-/m0/s1. The van der Waals surface area contributed by atoms with Gasteiger partial charge >= 0.3 is 0 Å². The van der Waals surface area contributed by atoms with Gasteiger partial charge in [-0.15, -0.1) is 0 Å². The van der Waals surface area contributed by atoms with Crippen LogP contribution in [0.5, 0.6) is 0 Å². The van der Waals surface area contributed by atoms with Crippen LogP contribution in [0, 0.1) is 11.3 Å². The molecule has 1 amide bonds. The lowest BCUT2D eigenvalue weighted by molar-refractivity contribution is -0.914. The van der Waals surface area contributed by atoms with E-state index in [2.05, 4.69) is 16.3 Å². The van der Waals surface area contributed by atoms with Crippen LogP contribution in [0.3, 0.4) is 0 Å². The molecule has 2 aromatic rings. The van der Waals surface area contributed by atoms with Crippen LogP contribution in [0.2, 0.25) is 5.02 Å². The second-order valence-corrected chi connectivity index (χ2v) is 6.90. The molecule has 0 aliphatic carbocycles. The summed E-state index contributed by atoms with van der Waals surface area (Å²) in [6.45, 7) is 5.46. The highest BCUT2D eigenvalue weighted by Gasteiger charge is 2.29. The number of amides is 1. The van der Waals surface area contributed by atoms with Crippen molar-refractivity contribution in [2.75, 3.05) is 36.4 Å². The zero-order chi connectivity index (χ0) is 18.5. The number of rotatable bonds is 4. The Balaban J connectivity index is 1.55. The molecule has 1 saturated heterocycles. The van der Waals surface area contributed by atoms with Crippen molar-refractivity contribution >= 4 is 28.9 Å². The summed E-state index contributed by atoms with van der Waals surface area (Å²) in [5.74, 6) is -0.00380. The molecule has 1 aliphatic rings. The highest BCUT2D eigenvalue weighted by atomic mass is 35.5. The molecule has 0 saturated carbocycles. The van der Waals surface area contributed by atoms with E-state index in [4.69, 9.17) is 16.9 Å². The molecule has 134 valence electrons. The number of para-hydroxylation sites is 1. The van der Waals surface area contributed by atoms with Crippen molar-refractivity contribution in [1.82, 2.24) is 0 Å². The molecule has 6 heteroatoms. The van der Waals surface area contributed by atoms with Crippen molar-refractivity contribution in [3.05, 3.63) is 59.1 Å². The molecule has 0 aromatic heterocycles. The molecular formula is C20H22ClN4O+. The van der Waals surface area contributed by atoms with Gasteiger partial charge in [-0.05, 0) is 43.3 Å². The first-order chi connectivity index (χ1) is 12.6. The van der Waals surface area contributed by atoms with E-state index in [9.17, 15) is 4.79 Å². The molecule has 3 rings (SSSR count). The summed E-state index contributed by atoms with van der Waals surface area (Å²) < 4.78 is 0. The largest absolute Gasteiger partial charge is 0.359 e. The van der Waals surface area contributed by atoms with E-state index in [0.29, 0.717) is 5.56 Å². The van der Waals surface area contributed by atoms with Gasteiger partial charge in [0.2, 0.25) is 0 Å². The third kappa shape index (κ3) is 4.16. The van der Waals surface area contributed by atoms with Gasteiger partial charge < -0.3 is 15.1 Å². The van der Waals surface area contributed by atoms with E-state index >= 15 is 0 Å². The third-order valence-electron chi connectivity index (χ3n) is 4.89.